The number of hydrogen-bond acceptors (Lipinski definition) is 5. The van der Waals surface area contributed by atoms with Gasteiger partial charge in [-0.3, -0.25) is 14.2 Å². The van der Waals surface area contributed by atoms with Gasteiger partial charge in [0.15, 0.2) is 4.77 Å². The van der Waals surface area contributed by atoms with Crippen LogP contribution in [0.15, 0.2) is 23.0 Å². The maximum atomic E-state index is 12.1. The van der Waals surface area contributed by atoms with E-state index in [0.717, 1.165) is 0 Å². The van der Waals surface area contributed by atoms with Gasteiger partial charge in [0.1, 0.15) is 0 Å². The van der Waals surface area contributed by atoms with E-state index in [1.165, 1.54) is 29.7 Å². The summed E-state index contributed by atoms with van der Waals surface area (Å²) in [6, 6.07) is 4.49. The molecule has 4 N–H and O–H groups in total. The van der Waals surface area contributed by atoms with E-state index in [1.807, 2.05) is 0 Å². The molecule has 1 heterocycles. The molecule has 0 spiro atoms. The predicted octanol–water partition coefficient (Wildman–Crippen LogP) is 0.00289. The lowest BCUT2D eigenvalue weighted by Crippen LogP contribution is -2.38. The summed E-state index contributed by atoms with van der Waals surface area (Å²) in [7, 11) is -2.16. The molecule has 23 heavy (non-hydrogen) atoms. The van der Waals surface area contributed by atoms with Crippen LogP contribution in [0.2, 0.25) is 0 Å². The smallest absolute Gasteiger partial charge is 0.261 e. The van der Waals surface area contributed by atoms with Crippen LogP contribution in [0, 0.1) is 4.77 Å². The number of carbonyl (C=O) groups excluding carboxylic acids is 1. The van der Waals surface area contributed by atoms with Crippen LogP contribution in [0.5, 0.6) is 0 Å². The molecule has 0 radical (unpaired) electrons. The number of nitrogens with two attached hydrogens (primary N) is 1. The summed E-state index contributed by atoms with van der Waals surface area (Å²) in [5, 5.41) is 6.98. The summed E-state index contributed by atoms with van der Waals surface area (Å²) in [6.45, 7) is 1.29. The minimum atomic E-state index is -3.71. The average molecular weight is 356 g/mol. The van der Waals surface area contributed by atoms with E-state index < -0.39 is 21.2 Å². The molecular weight excluding hydrogens is 340 g/mol. The Morgan fingerprint density at radius 2 is 2.13 bits per heavy atom. The number of fused-ring (bicyclic) bond motifs is 1. The van der Waals surface area contributed by atoms with Crippen molar-refractivity contribution in [2.75, 3.05) is 6.54 Å². The number of sulfonamides is 1. The number of nitrogens with one attached hydrogen (secondary N) is 2. The third-order valence-electron chi connectivity index (χ3n) is 3.47. The Hall–Kier alpha value is -2.04. The van der Waals surface area contributed by atoms with Crippen molar-refractivity contribution in [3.63, 3.8) is 0 Å². The molecule has 2 aromatic rings. The minimum Gasteiger partial charge on any atom is -0.351 e. The normalized spacial score (nSPS) is 13.0. The van der Waals surface area contributed by atoms with E-state index in [0.29, 0.717) is 10.9 Å². The van der Waals surface area contributed by atoms with E-state index in [2.05, 4.69) is 10.3 Å². The summed E-state index contributed by atoms with van der Waals surface area (Å²) in [6.07, 6.45) is 0. The molecular formula is C13H16N4O4S2. The topological polar surface area (TPSA) is 127 Å². The molecule has 2 rings (SSSR count). The predicted molar refractivity (Wildman–Crippen MR) is 89.3 cm³/mol. The van der Waals surface area contributed by atoms with Gasteiger partial charge >= 0.3 is 0 Å². The van der Waals surface area contributed by atoms with Crippen LogP contribution >= 0.6 is 12.2 Å². The second-order valence-corrected chi connectivity index (χ2v) is 7.53. The number of rotatable bonds is 4. The molecule has 0 saturated carbocycles. The Morgan fingerprint density at radius 1 is 1.48 bits per heavy atom. The number of hydrogen-bond donors (Lipinski definition) is 3. The first-order valence-corrected chi connectivity index (χ1v) is 8.66. The lowest BCUT2D eigenvalue weighted by Gasteiger charge is -2.11. The zero-order valence-corrected chi connectivity index (χ0v) is 14.1. The first-order chi connectivity index (χ1) is 10.6. The molecule has 0 aliphatic rings. The summed E-state index contributed by atoms with van der Waals surface area (Å²) < 4.78 is 23.8. The van der Waals surface area contributed by atoms with Crippen molar-refractivity contribution in [2.45, 2.75) is 12.2 Å². The standard InChI is InChI=1S/C13H16N4O4S2/c1-7(23(14,20)21)6-15-11(18)8-3-4-9-10(5-8)16-13(22)17(2)12(9)19/h3-5,7H,6H2,1-2H3,(H,15,18)(H,16,22)(H2,14,20,21). The fourth-order valence-corrected chi connectivity index (χ4v) is 2.41. The van der Waals surface area contributed by atoms with Crippen LogP contribution in [0.4, 0.5) is 0 Å². The Morgan fingerprint density at radius 3 is 2.74 bits per heavy atom. The molecule has 8 nitrogen and oxygen atoms in total. The SMILES string of the molecule is CC(CNC(=O)c1ccc2c(=O)n(C)c(=S)[nH]c2c1)S(N)(=O)=O. The van der Waals surface area contributed by atoms with E-state index >= 15 is 0 Å². The van der Waals surface area contributed by atoms with Crippen molar-refractivity contribution >= 4 is 39.1 Å². The van der Waals surface area contributed by atoms with Gasteiger partial charge in [0.2, 0.25) is 10.0 Å². The molecule has 1 aromatic heterocycles. The third-order valence-corrected chi connectivity index (χ3v) is 5.14. The van der Waals surface area contributed by atoms with E-state index in [1.54, 1.807) is 7.05 Å². The van der Waals surface area contributed by atoms with Gasteiger partial charge < -0.3 is 10.3 Å². The van der Waals surface area contributed by atoms with Crippen molar-refractivity contribution in [2.24, 2.45) is 12.2 Å². The highest BCUT2D eigenvalue weighted by atomic mass is 32.2. The molecule has 1 aromatic carbocycles. The molecule has 1 unspecified atom stereocenters. The van der Waals surface area contributed by atoms with E-state index in [4.69, 9.17) is 17.4 Å². The van der Waals surface area contributed by atoms with Crippen LogP contribution in [-0.2, 0) is 17.1 Å². The summed E-state index contributed by atoms with van der Waals surface area (Å²) in [5.74, 6) is -0.470. The average Bonchev–Trinajstić information content (AvgIpc) is 2.48. The maximum absolute atomic E-state index is 12.1. The van der Waals surface area contributed by atoms with Gasteiger partial charge in [0, 0.05) is 19.2 Å². The monoisotopic (exact) mass is 356 g/mol. The highest BCUT2D eigenvalue weighted by Gasteiger charge is 2.17. The Balaban J connectivity index is 2.31. The zero-order valence-electron chi connectivity index (χ0n) is 12.5. The van der Waals surface area contributed by atoms with Gasteiger partial charge in [-0.05, 0) is 37.3 Å². The number of carbonyl (C=O) groups is 1. The molecule has 1 atom stereocenters. The summed E-state index contributed by atoms with van der Waals surface area (Å²) in [5.41, 5.74) is 0.446. The van der Waals surface area contributed by atoms with Gasteiger partial charge in [0.25, 0.3) is 11.5 Å². The molecule has 124 valence electrons. The molecule has 0 aliphatic heterocycles. The molecule has 0 bridgehead atoms. The Kier molecular flexibility index (Phi) is 4.68. The van der Waals surface area contributed by atoms with Crippen LogP contribution in [-0.4, -0.2) is 35.7 Å². The van der Waals surface area contributed by atoms with Crippen molar-refractivity contribution in [3.05, 3.63) is 38.9 Å². The molecule has 0 saturated heterocycles. The molecule has 0 aliphatic carbocycles. The second-order valence-electron chi connectivity index (χ2n) is 5.16. The van der Waals surface area contributed by atoms with Gasteiger partial charge in [-0.25, -0.2) is 13.6 Å². The zero-order chi connectivity index (χ0) is 17.4. The Labute approximate surface area is 137 Å². The van der Waals surface area contributed by atoms with Crippen molar-refractivity contribution in [1.82, 2.24) is 14.9 Å². The number of aromatic nitrogens is 2. The highest BCUT2D eigenvalue weighted by molar-refractivity contribution is 7.89. The van der Waals surface area contributed by atoms with Crippen molar-refractivity contribution in [1.29, 1.82) is 0 Å². The van der Waals surface area contributed by atoms with E-state index in [9.17, 15) is 18.0 Å². The molecule has 10 heteroatoms. The quantitative estimate of drug-likeness (QED) is 0.665. The lowest BCUT2D eigenvalue weighted by molar-refractivity contribution is 0.0954. The van der Waals surface area contributed by atoms with Crippen molar-refractivity contribution in [3.8, 4) is 0 Å². The Bertz CT molecular complexity index is 991. The largest absolute Gasteiger partial charge is 0.351 e. The van der Waals surface area contributed by atoms with Crippen molar-refractivity contribution < 1.29 is 13.2 Å². The minimum absolute atomic E-state index is 0.109. The van der Waals surface area contributed by atoms with Gasteiger partial charge in [-0.1, -0.05) is 0 Å². The number of primary sulfonamides is 1. The first-order valence-electron chi connectivity index (χ1n) is 6.64. The van der Waals surface area contributed by atoms with Crippen LogP contribution in [0.1, 0.15) is 17.3 Å². The van der Waals surface area contributed by atoms with Gasteiger partial charge in [-0.2, -0.15) is 0 Å². The fourth-order valence-electron chi connectivity index (χ4n) is 1.90. The van der Waals surface area contributed by atoms with E-state index in [-0.39, 0.29) is 22.4 Å². The number of nitrogens with zero attached hydrogens (tertiary/aromatic N) is 1. The maximum Gasteiger partial charge on any atom is 0.261 e. The molecule has 0 fully saturated rings. The number of H-pyrrole nitrogens is 1. The fraction of sp³-hybridized carbons (Fsp3) is 0.308. The third kappa shape index (κ3) is 3.66. The number of benzene rings is 1. The highest BCUT2D eigenvalue weighted by Crippen LogP contribution is 2.10. The lowest BCUT2D eigenvalue weighted by atomic mass is 10.1. The van der Waals surface area contributed by atoms with Gasteiger partial charge in [0.05, 0.1) is 16.2 Å². The van der Waals surface area contributed by atoms with Crippen LogP contribution < -0.4 is 16.0 Å². The number of aromatic amines is 1. The summed E-state index contributed by atoms with van der Waals surface area (Å²) >= 11 is 5.03. The molecule has 1 amide bonds. The first kappa shape index (κ1) is 17.3. The van der Waals surface area contributed by atoms with Crippen LogP contribution in [0.3, 0.4) is 0 Å². The number of amides is 1. The summed E-state index contributed by atoms with van der Waals surface area (Å²) in [4.78, 5) is 27.0. The van der Waals surface area contributed by atoms with Crippen LogP contribution in [0.25, 0.3) is 10.9 Å². The van der Waals surface area contributed by atoms with Gasteiger partial charge in [-0.15, -0.1) is 0 Å². The second kappa shape index (κ2) is 6.22.